The average Bonchev–Trinajstić information content (AvgIpc) is 3.16. The fourth-order valence-electron chi connectivity index (χ4n) is 2.29. The summed E-state index contributed by atoms with van der Waals surface area (Å²) in [5.74, 6) is -3.50. The Hall–Kier alpha value is -2.01. The molecule has 0 radical (unpaired) electrons. The highest BCUT2D eigenvalue weighted by atomic mass is 32.1. The smallest absolute Gasteiger partial charge is 0.298 e. The second kappa shape index (κ2) is 11.9. The number of halogens is 2. The fourth-order valence-corrected chi connectivity index (χ4v) is 2.96. The van der Waals surface area contributed by atoms with Gasteiger partial charge in [-0.05, 0) is 30.5 Å². The van der Waals surface area contributed by atoms with E-state index in [1.165, 1.54) is 0 Å². The molecule has 0 unspecified atom stereocenters. The first-order chi connectivity index (χ1) is 13.9. The summed E-state index contributed by atoms with van der Waals surface area (Å²) >= 11 is 0.656. The van der Waals surface area contributed by atoms with Gasteiger partial charge in [0.05, 0.1) is 26.4 Å². The molecular weight excluding hydrogens is 404 g/mol. The molecule has 0 bridgehead atoms. The van der Waals surface area contributed by atoms with Crippen LogP contribution in [-0.4, -0.2) is 56.2 Å². The lowest BCUT2D eigenvalue weighted by atomic mass is 10.1. The van der Waals surface area contributed by atoms with E-state index in [4.69, 9.17) is 14.2 Å². The number of carbonyl (C=O) groups is 1. The lowest BCUT2D eigenvalue weighted by molar-refractivity contribution is 0.0165. The Morgan fingerprint density at radius 1 is 1.10 bits per heavy atom. The lowest BCUT2D eigenvalue weighted by Crippen LogP contribution is -2.11. The molecule has 7 nitrogen and oxygen atoms in total. The van der Waals surface area contributed by atoms with Gasteiger partial charge in [-0.3, -0.25) is 10.1 Å². The Kier molecular flexibility index (Phi) is 9.52. The van der Waals surface area contributed by atoms with Gasteiger partial charge in [0.25, 0.3) is 11.8 Å². The number of nitrogens with zero attached hydrogens (tertiary/aromatic N) is 2. The second-order valence-corrected chi connectivity index (χ2v) is 7.25. The largest absolute Gasteiger partial charge is 0.382 e. The van der Waals surface area contributed by atoms with E-state index in [9.17, 15) is 13.6 Å². The van der Waals surface area contributed by atoms with Gasteiger partial charge in [0.2, 0.25) is 5.13 Å². The van der Waals surface area contributed by atoms with E-state index >= 15 is 0 Å². The third-order valence-corrected chi connectivity index (χ3v) is 4.81. The number of nitrogens with one attached hydrogen (secondary N) is 1. The van der Waals surface area contributed by atoms with Gasteiger partial charge in [-0.2, -0.15) is 8.78 Å². The lowest BCUT2D eigenvalue weighted by Gasteiger charge is -2.06. The van der Waals surface area contributed by atoms with E-state index in [0.29, 0.717) is 49.9 Å². The molecule has 0 saturated heterocycles. The standard InChI is InChI=1S/C19H25F2N3O4S.H2/c1-19(20,21)17-23-24-18(29-17)22-16(25)15-7-5-14(6-8-15)4-3-9-27-12-13-28-11-10-26-2;/h5-8H,3-4,9-13H2,1-2H3,(H,22,24,25);1H. The number of aromatic nitrogens is 2. The van der Waals surface area contributed by atoms with Gasteiger partial charge >= 0.3 is 0 Å². The van der Waals surface area contributed by atoms with E-state index < -0.39 is 16.8 Å². The summed E-state index contributed by atoms with van der Waals surface area (Å²) in [5, 5.41) is 9.07. The summed E-state index contributed by atoms with van der Waals surface area (Å²) in [5.41, 5.74) is 1.49. The topological polar surface area (TPSA) is 82.6 Å². The van der Waals surface area contributed by atoms with Gasteiger partial charge in [-0.15, -0.1) is 10.2 Å². The molecule has 1 amide bonds. The van der Waals surface area contributed by atoms with E-state index in [1.54, 1.807) is 19.2 Å². The third kappa shape index (κ3) is 8.48. The van der Waals surface area contributed by atoms with Gasteiger partial charge in [0, 0.05) is 27.6 Å². The Morgan fingerprint density at radius 2 is 1.76 bits per heavy atom. The third-order valence-electron chi connectivity index (χ3n) is 3.80. The molecule has 1 aromatic heterocycles. The van der Waals surface area contributed by atoms with Crippen molar-refractivity contribution in [1.82, 2.24) is 10.2 Å². The number of aryl methyl sites for hydroxylation is 1. The number of amides is 1. The van der Waals surface area contributed by atoms with E-state index in [-0.39, 0.29) is 6.56 Å². The van der Waals surface area contributed by atoms with Gasteiger partial charge in [-0.1, -0.05) is 23.5 Å². The van der Waals surface area contributed by atoms with Crippen LogP contribution in [-0.2, 0) is 26.6 Å². The SMILES string of the molecule is COCCOCCOCCCc1ccc(C(=O)Nc2nnc(C(C)(F)F)s2)cc1.[HH]. The maximum absolute atomic E-state index is 13.2. The molecule has 10 heteroatoms. The summed E-state index contributed by atoms with van der Waals surface area (Å²) in [4.78, 5) is 12.2. The Labute approximate surface area is 173 Å². The van der Waals surface area contributed by atoms with Crippen molar-refractivity contribution in [2.75, 3.05) is 45.5 Å². The van der Waals surface area contributed by atoms with Crippen molar-refractivity contribution >= 4 is 22.4 Å². The molecular formula is C19H27F2N3O4S. The molecule has 0 atom stereocenters. The van der Waals surface area contributed by atoms with Crippen LogP contribution in [0.2, 0.25) is 0 Å². The molecule has 1 aromatic carbocycles. The van der Waals surface area contributed by atoms with Gasteiger partial charge in [0.1, 0.15) is 0 Å². The van der Waals surface area contributed by atoms with Gasteiger partial charge in [-0.25, -0.2) is 0 Å². The molecule has 0 fully saturated rings. The molecule has 0 aliphatic carbocycles. The first kappa shape index (κ1) is 23.3. The molecule has 0 aliphatic heterocycles. The van der Waals surface area contributed by atoms with Crippen LogP contribution in [0, 0.1) is 0 Å². The predicted octanol–water partition coefficient (Wildman–Crippen LogP) is 3.76. The number of hydrogen-bond acceptors (Lipinski definition) is 7. The highest BCUT2D eigenvalue weighted by molar-refractivity contribution is 7.15. The van der Waals surface area contributed by atoms with Crippen molar-refractivity contribution in [1.29, 1.82) is 0 Å². The van der Waals surface area contributed by atoms with Crippen molar-refractivity contribution in [2.45, 2.75) is 25.7 Å². The highest BCUT2D eigenvalue weighted by Crippen LogP contribution is 2.31. The van der Waals surface area contributed by atoms with Crippen molar-refractivity contribution in [3.05, 3.63) is 40.4 Å². The summed E-state index contributed by atoms with van der Waals surface area (Å²) in [6.07, 6.45) is 1.67. The Balaban J connectivity index is 0.00000450. The number of benzene rings is 1. The van der Waals surface area contributed by atoms with Crippen molar-refractivity contribution in [2.24, 2.45) is 0 Å². The Morgan fingerprint density at radius 3 is 2.38 bits per heavy atom. The Bertz CT molecular complexity index is 757. The van der Waals surface area contributed by atoms with Crippen LogP contribution in [0.3, 0.4) is 0 Å². The van der Waals surface area contributed by atoms with Crippen LogP contribution < -0.4 is 5.32 Å². The van der Waals surface area contributed by atoms with Crippen LogP contribution in [0.1, 0.15) is 35.7 Å². The molecule has 1 N–H and O–H groups in total. The zero-order chi connectivity index (χ0) is 21.1. The molecule has 0 spiro atoms. The number of anilines is 1. The number of alkyl halides is 2. The minimum atomic E-state index is -3.08. The summed E-state index contributed by atoms with van der Waals surface area (Å²) in [7, 11) is 1.63. The second-order valence-electron chi connectivity index (χ2n) is 6.27. The number of methoxy groups -OCH3 is 1. The first-order valence-corrected chi connectivity index (χ1v) is 9.98. The van der Waals surface area contributed by atoms with Gasteiger partial charge in [0.15, 0.2) is 5.01 Å². The first-order valence-electron chi connectivity index (χ1n) is 9.16. The zero-order valence-corrected chi connectivity index (χ0v) is 17.3. The minimum absolute atomic E-state index is 0. The highest BCUT2D eigenvalue weighted by Gasteiger charge is 2.29. The average molecular weight is 432 g/mol. The van der Waals surface area contributed by atoms with Crippen LogP contribution in [0.25, 0.3) is 0 Å². The zero-order valence-electron chi connectivity index (χ0n) is 16.5. The van der Waals surface area contributed by atoms with Crippen molar-refractivity contribution < 1.29 is 29.2 Å². The van der Waals surface area contributed by atoms with Crippen LogP contribution in [0.15, 0.2) is 24.3 Å². The monoisotopic (exact) mass is 431 g/mol. The maximum atomic E-state index is 13.2. The van der Waals surface area contributed by atoms with Crippen molar-refractivity contribution in [3.63, 3.8) is 0 Å². The summed E-state index contributed by atoms with van der Waals surface area (Å²) in [6, 6.07) is 7.08. The number of hydrogen-bond donors (Lipinski definition) is 1. The molecule has 162 valence electrons. The summed E-state index contributed by atoms with van der Waals surface area (Å²) < 4.78 is 42.0. The van der Waals surface area contributed by atoms with Gasteiger partial charge < -0.3 is 14.2 Å². The predicted molar refractivity (Wildman–Crippen MR) is 108 cm³/mol. The van der Waals surface area contributed by atoms with Crippen molar-refractivity contribution in [3.8, 4) is 0 Å². The van der Waals surface area contributed by atoms with E-state index in [1.807, 2.05) is 12.1 Å². The molecule has 0 aliphatic rings. The molecule has 0 saturated carbocycles. The number of ether oxygens (including phenoxy) is 3. The molecule has 2 rings (SSSR count). The number of carbonyl (C=O) groups excluding carboxylic acids is 1. The van der Waals surface area contributed by atoms with E-state index in [0.717, 1.165) is 25.3 Å². The van der Waals surface area contributed by atoms with Crippen LogP contribution >= 0.6 is 11.3 Å². The molecule has 1 heterocycles. The minimum Gasteiger partial charge on any atom is -0.382 e. The normalized spacial score (nSPS) is 11.6. The van der Waals surface area contributed by atoms with Crippen LogP contribution in [0.5, 0.6) is 0 Å². The summed E-state index contributed by atoms with van der Waals surface area (Å²) in [6.45, 7) is 3.58. The molecule has 2 aromatic rings. The maximum Gasteiger partial charge on any atom is 0.298 e. The fraction of sp³-hybridized carbons (Fsp3) is 0.526. The van der Waals surface area contributed by atoms with Crippen LogP contribution in [0.4, 0.5) is 13.9 Å². The quantitative estimate of drug-likeness (QED) is 0.486. The molecule has 29 heavy (non-hydrogen) atoms. The number of rotatable bonds is 13. The van der Waals surface area contributed by atoms with E-state index in [2.05, 4.69) is 15.5 Å².